The van der Waals surface area contributed by atoms with E-state index in [0.29, 0.717) is 41.8 Å². The lowest BCUT2D eigenvalue weighted by Gasteiger charge is -2.14. The zero-order valence-corrected chi connectivity index (χ0v) is 19.1. The van der Waals surface area contributed by atoms with E-state index in [0.717, 1.165) is 16.7 Å². The summed E-state index contributed by atoms with van der Waals surface area (Å²) in [5.41, 5.74) is 3.44. The second-order valence-electron chi connectivity index (χ2n) is 8.02. The van der Waals surface area contributed by atoms with Gasteiger partial charge in [0.15, 0.2) is 28.8 Å². The van der Waals surface area contributed by atoms with Gasteiger partial charge in [-0.25, -0.2) is 0 Å². The fourth-order valence-electron chi connectivity index (χ4n) is 3.65. The Morgan fingerprint density at radius 1 is 0.714 bits per heavy atom. The number of hydrogen-bond acceptors (Lipinski definition) is 5. The molecule has 0 fully saturated rings. The van der Waals surface area contributed by atoms with E-state index < -0.39 is 0 Å². The first-order chi connectivity index (χ1) is 17.2. The van der Waals surface area contributed by atoms with E-state index in [2.05, 4.69) is 0 Å². The van der Waals surface area contributed by atoms with Crippen molar-refractivity contribution in [1.82, 2.24) is 0 Å². The van der Waals surface area contributed by atoms with E-state index in [1.807, 2.05) is 78.9 Å². The van der Waals surface area contributed by atoms with Crippen molar-refractivity contribution in [3.8, 4) is 23.0 Å². The average Bonchev–Trinajstić information content (AvgIpc) is 3.39. The summed E-state index contributed by atoms with van der Waals surface area (Å²) in [7, 11) is 0. The highest BCUT2D eigenvalue weighted by Gasteiger charge is 2.14. The van der Waals surface area contributed by atoms with Crippen LogP contribution in [0.4, 0.5) is 0 Å². The molecule has 0 aliphatic carbocycles. The monoisotopic (exact) mass is 464 g/mol. The number of ketones is 1. The molecule has 0 saturated heterocycles. The SMILES string of the molecule is O=C(/C=C/c1ccc2c(c1)OCO2)c1ccc(OCc2ccccc2)c(OCc2ccccc2)c1. The Balaban J connectivity index is 1.34. The molecule has 5 rings (SSSR count). The molecule has 5 nitrogen and oxygen atoms in total. The van der Waals surface area contributed by atoms with Gasteiger partial charge in [-0.15, -0.1) is 0 Å². The normalized spacial score (nSPS) is 12.0. The maximum atomic E-state index is 12.9. The van der Waals surface area contributed by atoms with Gasteiger partial charge in [-0.3, -0.25) is 4.79 Å². The van der Waals surface area contributed by atoms with Crippen molar-refractivity contribution in [3.63, 3.8) is 0 Å². The molecule has 1 aliphatic heterocycles. The summed E-state index contributed by atoms with van der Waals surface area (Å²) in [4.78, 5) is 12.9. The van der Waals surface area contributed by atoms with Crippen molar-refractivity contribution < 1.29 is 23.7 Å². The molecule has 0 spiro atoms. The van der Waals surface area contributed by atoms with Gasteiger partial charge in [0.2, 0.25) is 6.79 Å². The van der Waals surface area contributed by atoms with E-state index in [-0.39, 0.29) is 12.6 Å². The van der Waals surface area contributed by atoms with Crippen LogP contribution in [0.3, 0.4) is 0 Å². The van der Waals surface area contributed by atoms with Crippen LogP contribution in [0.1, 0.15) is 27.0 Å². The summed E-state index contributed by atoms with van der Waals surface area (Å²) in [5.74, 6) is 2.35. The maximum Gasteiger partial charge on any atom is 0.231 e. The Morgan fingerprint density at radius 2 is 1.37 bits per heavy atom. The van der Waals surface area contributed by atoms with Gasteiger partial charge < -0.3 is 18.9 Å². The quantitative estimate of drug-likeness (QED) is 0.210. The second kappa shape index (κ2) is 10.6. The molecular formula is C30H24O5. The van der Waals surface area contributed by atoms with Gasteiger partial charge in [-0.2, -0.15) is 0 Å². The number of carbonyl (C=O) groups is 1. The van der Waals surface area contributed by atoms with Gasteiger partial charge in [0.1, 0.15) is 13.2 Å². The summed E-state index contributed by atoms with van der Waals surface area (Å²) >= 11 is 0. The number of fused-ring (bicyclic) bond motifs is 1. The first-order valence-electron chi connectivity index (χ1n) is 11.3. The van der Waals surface area contributed by atoms with Gasteiger partial charge >= 0.3 is 0 Å². The predicted molar refractivity (Wildman–Crippen MR) is 134 cm³/mol. The molecular weight excluding hydrogens is 440 g/mol. The number of hydrogen-bond donors (Lipinski definition) is 0. The van der Waals surface area contributed by atoms with Crippen molar-refractivity contribution in [2.75, 3.05) is 6.79 Å². The average molecular weight is 465 g/mol. The lowest BCUT2D eigenvalue weighted by Crippen LogP contribution is -2.03. The summed E-state index contributed by atoms with van der Waals surface area (Å²) < 4.78 is 22.9. The Kier molecular flexibility index (Phi) is 6.76. The molecule has 174 valence electrons. The van der Waals surface area contributed by atoms with Crippen molar-refractivity contribution >= 4 is 11.9 Å². The Hall–Kier alpha value is -4.51. The van der Waals surface area contributed by atoms with E-state index in [9.17, 15) is 4.79 Å². The predicted octanol–water partition coefficient (Wildman–Crippen LogP) is 6.47. The van der Waals surface area contributed by atoms with Crippen LogP contribution in [0, 0.1) is 0 Å². The molecule has 35 heavy (non-hydrogen) atoms. The molecule has 0 saturated carbocycles. The number of ether oxygens (including phenoxy) is 4. The highest BCUT2D eigenvalue weighted by molar-refractivity contribution is 6.07. The molecule has 0 radical (unpaired) electrons. The third-order valence-electron chi connectivity index (χ3n) is 5.53. The van der Waals surface area contributed by atoms with Gasteiger partial charge in [0, 0.05) is 5.56 Å². The van der Waals surface area contributed by atoms with Gasteiger partial charge in [0.25, 0.3) is 0 Å². The largest absolute Gasteiger partial charge is 0.485 e. The van der Waals surface area contributed by atoms with Gasteiger partial charge in [0.05, 0.1) is 0 Å². The van der Waals surface area contributed by atoms with Crippen LogP contribution in [-0.4, -0.2) is 12.6 Å². The Morgan fingerprint density at radius 3 is 2.09 bits per heavy atom. The van der Waals surface area contributed by atoms with Crippen LogP contribution in [0.2, 0.25) is 0 Å². The van der Waals surface area contributed by atoms with Crippen LogP contribution in [0.25, 0.3) is 6.08 Å². The molecule has 0 atom stereocenters. The minimum atomic E-state index is -0.137. The van der Waals surface area contributed by atoms with Crippen LogP contribution < -0.4 is 18.9 Å². The molecule has 1 heterocycles. The second-order valence-corrected chi connectivity index (χ2v) is 8.02. The highest BCUT2D eigenvalue weighted by Crippen LogP contribution is 2.33. The fraction of sp³-hybridized carbons (Fsp3) is 0.100. The van der Waals surface area contributed by atoms with E-state index in [1.165, 1.54) is 0 Å². The van der Waals surface area contributed by atoms with Crippen LogP contribution in [0.5, 0.6) is 23.0 Å². The molecule has 0 bridgehead atoms. The van der Waals surface area contributed by atoms with Crippen LogP contribution in [0.15, 0.2) is 103 Å². The lowest BCUT2D eigenvalue weighted by atomic mass is 10.1. The standard InChI is InChI=1S/C30H24O5/c31-26(14-11-22-12-15-28-29(17-22)35-21-34-28)25-13-16-27(32-19-23-7-3-1-4-8-23)30(18-25)33-20-24-9-5-2-6-10-24/h1-18H,19-21H2/b14-11+. The van der Waals surface area contributed by atoms with Crippen molar-refractivity contribution in [3.05, 3.63) is 125 Å². The first kappa shape index (κ1) is 22.3. The number of rotatable bonds is 9. The smallest absolute Gasteiger partial charge is 0.231 e. The zero-order chi connectivity index (χ0) is 23.9. The number of carbonyl (C=O) groups excluding carboxylic acids is 1. The molecule has 0 unspecified atom stereocenters. The van der Waals surface area contributed by atoms with E-state index >= 15 is 0 Å². The third kappa shape index (κ3) is 5.71. The first-order valence-corrected chi connectivity index (χ1v) is 11.3. The molecule has 0 amide bonds. The van der Waals surface area contributed by atoms with Crippen molar-refractivity contribution in [1.29, 1.82) is 0 Å². The maximum absolute atomic E-state index is 12.9. The van der Waals surface area contributed by atoms with Crippen LogP contribution in [-0.2, 0) is 13.2 Å². The molecule has 4 aromatic rings. The molecule has 1 aliphatic rings. The molecule has 5 heteroatoms. The highest BCUT2D eigenvalue weighted by atomic mass is 16.7. The van der Waals surface area contributed by atoms with Crippen LogP contribution >= 0.6 is 0 Å². The molecule has 0 N–H and O–H groups in total. The van der Waals surface area contributed by atoms with Gasteiger partial charge in [-0.05, 0) is 53.1 Å². The summed E-state index contributed by atoms with van der Waals surface area (Å²) in [6.45, 7) is 0.985. The van der Waals surface area contributed by atoms with Gasteiger partial charge in [-0.1, -0.05) is 72.8 Å². The van der Waals surface area contributed by atoms with Crippen molar-refractivity contribution in [2.24, 2.45) is 0 Å². The fourth-order valence-corrected chi connectivity index (χ4v) is 3.65. The summed E-state index contributed by atoms with van der Waals surface area (Å²) in [6, 6.07) is 30.6. The summed E-state index contributed by atoms with van der Waals surface area (Å²) in [5, 5.41) is 0. The minimum absolute atomic E-state index is 0.137. The van der Waals surface area contributed by atoms with E-state index in [4.69, 9.17) is 18.9 Å². The van der Waals surface area contributed by atoms with E-state index in [1.54, 1.807) is 30.4 Å². The minimum Gasteiger partial charge on any atom is -0.485 e. The summed E-state index contributed by atoms with van der Waals surface area (Å²) in [6.07, 6.45) is 3.30. The third-order valence-corrected chi connectivity index (χ3v) is 5.53. The zero-order valence-electron chi connectivity index (χ0n) is 19.1. The number of benzene rings is 4. The Bertz CT molecular complexity index is 1330. The topological polar surface area (TPSA) is 54.0 Å². The lowest BCUT2D eigenvalue weighted by molar-refractivity contribution is 0.104. The van der Waals surface area contributed by atoms with Crippen molar-refractivity contribution in [2.45, 2.75) is 13.2 Å². The number of allylic oxidation sites excluding steroid dienone is 1. The Labute approximate surface area is 204 Å². The molecule has 4 aromatic carbocycles. The molecule has 0 aromatic heterocycles.